The first-order valence-corrected chi connectivity index (χ1v) is 3.36. The summed E-state index contributed by atoms with van der Waals surface area (Å²) in [5.41, 5.74) is 0. The van der Waals surface area contributed by atoms with Crippen molar-refractivity contribution in [3.05, 3.63) is 0 Å². The third-order valence-corrected chi connectivity index (χ3v) is 1.98. The van der Waals surface area contributed by atoms with Crippen LogP contribution < -0.4 is 0 Å². The second-order valence-corrected chi connectivity index (χ2v) is 2.67. The number of carbonyl (C=O) groups excluding carboxylic acids is 1. The van der Waals surface area contributed by atoms with E-state index in [-0.39, 0.29) is 18.7 Å². The molecule has 5 nitrogen and oxygen atoms in total. The molecule has 2 atom stereocenters. The van der Waals surface area contributed by atoms with Gasteiger partial charge in [-0.25, -0.2) is 4.79 Å². The SMILES string of the molecule is O=C(O)C1CN2C(=O)C[C@@H]2O1. The van der Waals surface area contributed by atoms with Gasteiger partial charge in [0.15, 0.2) is 6.10 Å². The molecule has 2 heterocycles. The zero-order chi connectivity index (χ0) is 8.01. The molecule has 2 aliphatic rings. The number of carbonyl (C=O) groups is 2. The van der Waals surface area contributed by atoms with Crippen molar-refractivity contribution in [3.8, 4) is 0 Å². The van der Waals surface area contributed by atoms with E-state index in [1.165, 1.54) is 4.90 Å². The maximum Gasteiger partial charge on any atom is 0.334 e. The minimum absolute atomic E-state index is 0.0150. The first-order chi connectivity index (χ1) is 5.18. The zero-order valence-electron chi connectivity index (χ0n) is 5.69. The van der Waals surface area contributed by atoms with E-state index in [4.69, 9.17) is 9.84 Å². The second kappa shape index (κ2) is 1.94. The summed E-state index contributed by atoms with van der Waals surface area (Å²) in [6.45, 7) is 0.207. The number of β-lactam (4-membered cyclic amide) rings is 1. The Morgan fingerprint density at radius 2 is 2.45 bits per heavy atom. The van der Waals surface area contributed by atoms with Crippen LogP contribution in [0.15, 0.2) is 0 Å². The van der Waals surface area contributed by atoms with E-state index in [9.17, 15) is 9.59 Å². The molecule has 0 saturated carbocycles. The first-order valence-electron chi connectivity index (χ1n) is 3.36. The predicted octanol–water partition coefficient (Wildman–Crippen LogP) is -0.972. The van der Waals surface area contributed by atoms with Gasteiger partial charge in [-0.05, 0) is 0 Å². The minimum Gasteiger partial charge on any atom is -0.479 e. The topological polar surface area (TPSA) is 66.8 Å². The quantitative estimate of drug-likeness (QED) is 0.497. The minimum atomic E-state index is -0.993. The molecule has 2 fully saturated rings. The number of aliphatic carboxylic acids is 1. The number of ether oxygens (including phenoxy) is 1. The molecule has 5 heteroatoms. The molecule has 2 rings (SSSR count). The van der Waals surface area contributed by atoms with Gasteiger partial charge in [0, 0.05) is 0 Å². The van der Waals surface area contributed by atoms with Gasteiger partial charge in [0.05, 0.1) is 13.0 Å². The van der Waals surface area contributed by atoms with E-state index in [1.807, 2.05) is 0 Å². The standard InChI is InChI=1S/C6H7NO4/c8-4-1-5-7(4)2-3(11-5)6(9)10/h3,5H,1-2H2,(H,9,10)/t3?,5-/m0/s1. The highest BCUT2D eigenvalue weighted by molar-refractivity contribution is 5.85. The van der Waals surface area contributed by atoms with Gasteiger partial charge in [-0.15, -0.1) is 0 Å². The van der Waals surface area contributed by atoms with Crippen LogP contribution in [0.1, 0.15) is 6.42 Å². The number of carboxylic acids is 1. The smallest absolute Gasteiger partial charge is 0.334 e. The van der Waals surface area contributed by atoms with E-state index in [2.05, 4.69) is 0 Å². The van der Waals surface area contributed by atoms with Crippen molar-refractivity contribution < 1.29 is 19.4 Å². The van der Waals surface area contributed by atoms with Gasteiger partial charge in [0.25, 0.3) is 0 Å². The lowest BCUT2D eigenvalue weighted by atomic mass is 10.2. The predicted molar refractivity (Wildman–Crippen MR) is 32.6 cm³/mol. The van der Waals surface area contributed by atoms with E-state index >= 15 is 0 Å². The fourth-order valence-electron chi connectivity index (χ4n) is 1.31. The van der Waals surface area contributed by atoms with E-state index < -0.39 is 12.1 Å². The van der Waals surface area contributed by atoms with Crippen LogP contribution >= 0.6 is 0 Å². The van der Waals surface area contributed by atoms with Crippen molar-refractivity contribution in [1.29, 1.82) is 0 Å². The summed E-state index contributed by atoms with van der Waals surface area (Å²) in [5.74, 6) is -1.01. The first kappa shape index (κ1) is 6.60. The fraction of sp³-hybridized carbons (Fsp3) is 0.667. The molecule has 0 aliphatic carbocycles. The number of rotatable bonds is 1. The molecule has 11 heavy (non-hydrogen) atoms. The highest BCUT2D eigenvalue weighted by Crippen LogP contribution is 2.28. The van der Waals surface area contributed by atoms with Crippen molar-refractivity contribution in [2.45, 2.75) is 18.8 Å². The summed E-state index contributed by atoms with van der Waals surface area (Å²) in [7, 11) is 0. The van der Waals surface area contributed by atoms with Crippen LogP contribution in [-0.4, -0.2) is 40.8 Å². The Bertz CT molecular complexity index is 227. The number of nitrogens with zero attached hydrogens (tertiary/aromatic N) is 1. The third kappa shape index (κ3) is 0.808. The molecule has 2 aliphatic heterocycles. The Labute approximate surface area is 62.5 Å². The summed E-state index contributed by atoms with van der Waals surface area (Å²) in [4.78, 5) is 22.5. The van der Waals surface area contributed by atoms with E-state index in [1.54, 1.807) is 0 Å². The lowest BCUT2D eigenvalue weighted by Crippen LogP contribution is -2.48. The number of hydrogen-bond acceptors (Lipinski definition) is 3. The molecule has 0 spiro atoms. The summed E-state index contributed by atoms with van der Waals surface area (Å²) < 4.78 is 5.00. The molecule has 0 aromatic carbocycles. The van der Waals surface area contributed by atoms with E-state index in [0.29, 0.717) is 6.42 Å². The maximum atomic E-state index is 10.7. The van der Waals surface area contributed by atoms with Gasteiger partial charge in [-0.3, -0.25) is 4.79 Å². The Balaban J connectivity index is 2.04. The van der Waals surface area contributed by atoms with Crippen LogP contribution in [0, 0.1) is 0 Å². The Kier molecular flexibility index (Phi) is 1.17. The van der Waals surface area contributed by atoms with Crippen LogP contribution in [-0.2, 0) is 14.3 Å². The summed E-state index contributed by atoms with van der Waals surface area (Å²) >= 11 is 0. The van der Waals surface area contributed by atoms with Gasteiger partial charge < -0.3 is 14.7 Å². The van der Waals surface area contributed by atoms with Crippen LogP contribution in [0.25, 0.3) is 0 Å². The van der Waals surface area contributed by atoms with Gasteiger partial charge in [0.2, 0.25) is 5.91 Å². The Hall–Kier alpha value is -1.10. The highest BCUT2D eigenvalue weighted by atomic mass is 16.6. The number of hydrogen-bond donors (Lipinski definition) is 1. The molecular weight excluding hydrogens is 150 g/mol. The molecule has 0 radical (unpaired) electrons. The van der Waals surface area contributed by atoms with Crippen molar-refractivity contribution in [2.24, 2.45) is 0 Å². The van der Waals surface area contributed by atoms with E-state index in [0.717, 1.165) is 0 Å². The van der Waals surface area contributed by atoms with Crippen LogP contribution in [0.2, 0.25) is 0 Å². The molecule has 60 valence electrons. The highest BCUT2D eigenvalue weighted by Gasteiger charge is 2.47. The normalized spacial score (nSPS) is 34.9. The molecule has 1 unspecified atom stereocenters. The molecule has 1 amide bonds. The fourth-order valence-corrected chi connectivity index (χ4v) is 1.31. The van der Waals surface area contributed by atoms with Gasteiger partial charge in [-0.1, -0.05) is 0 Å². The molecule has 0 bridgehead atoms. The second-order valence-electron chi connectivity index (χ2n) is 2.67. The van der Waals surface area contributed by atoms with Crippen molar-refractivity contribution in [2.75, 3.05) is 6.54 Å². The van der Waals surface area contributed by atoms with Crippen molar-refractivity contribution >= 4 is 11.9 Å². The molecular formula is C6H7NO4. The van der Waals surface area contributed by atoms with Gasteiger partial charge >= 0.3 is 5.97 Å². The van der Waals surface area contributed by atoms with Crippen LogP contribution in [0.5, 0.6) is 0 Å². The van der Waals surface area contributed by atoms with Crippen LogP contribution in [0.4, 0.5) is 0 Å². The van der Waals surface area contributed by atoms with Crippen molar-refractivity contribution in [3.63, 3.8) is 0 Å². The molecule has 2 saturated heterocycles. The number of carboxylic acid groups (broad SMARTS) is 1. The Morgan fingerprint density at radius 1 is 1.73 bits per heavy atom. The average molecular weight is 157 g/mol. The lowest BCUT2D eigenvalue weighted by molar-refractivity contribution is -0.162. The molecule has 1 N–H and O–H groups in total. The summed E-state index contributed by atoms with van der Waals surface area (Å²) in [6, 6.07) is 0. The lowest BCUT2D eigenvalue weighted by Gasteiger charge is -2.31. The van der Waals surface area contributed by atoms with Gasteiger partial charge in [0.1, 0.15) is 6.23 Å². The molecule has 0 aromatic rings. The average Bonchev–Trinajstić information content (AvgIpc) is 2.26. The summed E-state index contributed by atoms with van der Waals surface area (Å²) in [6.07, 6.45) is -0.737. The zero-order valence-corrected chi connectivity index (χ0v) is 5.69. The monoisotopic (exact) mass is 157 g/mol. The third-order valence-electron chi connectivity index (χ3n) is 1.98. The Morgan fingerprint density at radius 3 is 2.91 bits per heavy atom. The largest absolute Gasteiger partial charge is 0.479 e. The van der Waals surface area contributed by atoms with Gasteiger partial charge in [-0.2, -0.15) is 0 Å². The van der Waals surface area contributed by atoms with Crippen molar-refractivity contribution in [1.82, 2.24) is 4.90 Å². The molecule has 0 aromatic heterocycles. The van der Waals surface area contributed by atoms with Crippen LogP contribution in [0.3, 0.4) is 0 Å². The number of amides is 1. The maximum absolute atomic E-state index is 10.7. The number of fused-ring (bicyclic) bond motifs is 1. The summed E-state index contributed by atoms with van der Waals surface area (Å²) in [5, 5.41) is 8.50.